The van der Waals surface area contributed by atoms with Gasteiger partial charge in [-0.1, -0.05) is 38.5 Å². The van der Waals surface area contributed by atoms with Crippen LogP contribution in [0.5, 0.6) is 5.75 Å². The second-order valence-electron chi connectivity index (χ2n) is 7.60. The number of β-amino-alcohol motifs (C(OH)–C–C–N with tert-alkyl or cyclic N) is 1. The number of aliphatic hydroxyl groups excluding tert-OH is 1. The van der Waals surface area contributed by atoms with Crippen molar-refractivity contribution in [2.24, 2.45) is 0 Å². The van der Waals surface area contributed by atoms with Crippen molar-refractivity contribution in [2.45, 2.75) is 71.1 Å². The molecule has 0 unspecified atom stereocenters. The molecule has 1 aliphatic rings. The van der Waals surface area contributed by atoms with Crippen LogP contribution in [0.4, 0.5) is 0 Å². The highest BCUT2D eigenvalue weighted by molar-refractivity contribution is 5.35. The summed E-state index contributed by atoms with van der Waals surface area (Å²) in [7, 11) is 0. The second kappa shape index (κ2) is 10.1. The van der Waals surface area contributed by atoms with Crippen molar-refractivity contribution in [1.29, 1.82) is 0 Å². The van der Waals surface area contributed by atoms with Crippen LogP contribution < -0.4 is 4.74 Å². The van der Waals surface area contributed by atoms with Gasteiger partial charge in [0, 0.05) is 18.6 Å². The van der Waals surface area contributed by atoms with E-state index in [1.165, 1.54) is 24.8 Å². The van der Waals surface area contributed by atoms with Crippen molar-refractivity contribution in [3.05, 3.63) is 29.8 Å². The number of ether oxygens (including phenoxy) is 2. The van der Waals surface area contributed by atoms with Gasteiger partial charge in [-0.05, 0) is 44.2 Å². The molecule has 1 aromatic carbocycles. The molecular weight excluding hydrogens is 314 g/mol. The second-order valence-corrected chi connectivity index (χ2v) is 7.60. The summed E-state index contributed by atoms with van der Waals surface area (Å²) in [5, 5.41) is 10.3. The van der Waals surface area contributed by atoms with Crippen molar-refractivity contribution in [2.75, 3.05) is 26.4 Å². The predicted molar refractivity (Wildman–Crippen MR) is 102 cm³/mol. The van der Waals surface area contributed by atoms with Gasteiger partial charge in [0.2, 0.25) is 0 Å². The molecular formula is C21H35NO3. The minimum atomic E-state index is -0.439. The fourth-order valence-electron chi connectivity index (χ4n) is 3.65. The summed E-state index contributed by atoms with van der Waals surface area (Å²) in [6.45, 7) is 10.9. The maximum Gasteiger partial charge on any atom is 0.122 e. The van der Waals surface area contributed by atoms with E-state index in [2.05, 4.69) is 38.7 Å². The Morgan fingerprint density at radius 3 is 2.48 bits per heavy atom. The predicted octanol–water partition coefficient (Wildman–Crippen LogP) is 3.83. The number of likely N-dealkylation sites (tertiary alicyclic amines) is 1. The van der Waals surface area contributed by atoms with E-state index >= 15 is 0 Å². The number of aliphatic hydroxyl groups is 1. The molecule has 0 radical (unpaired) electrons. The van der Waals surface area contributed by atoms with Gasteiger partial charge in [-0.3, -0.25) is 4.90 Å². The standard InChI is InChI=1S/C21H35NO3/c1-16(2)20-10-5-6-11-21(20)25-13-12-24-15-19(23)14-22-17(3)8-7-9-18(22)4/h5-6,10-11,16-19,23H,7-9,12-15H2,1-4H3/t17-,18+,19-/m1/s1. The molecule has 1 aliphatic heterocycles. The van der Waals surface area contributed by atoms with Gasteiger partial charge in [-0.2, -0.15) is 0 Å². The number of nitrogens with zero attached hydrogens (tertiary/aromatic N) is 1. The molecule has 0 spiro atoms. The molecule has 1 aromatic rings. The summed E-state index contributed by atoms with van der Waals surface area (Å²) in [6.07, 6.45) is 3.30. The minimum Gasteiger partial charge on any atom is -0.491 e. The average Bonchev–Trinajstić information content (AvgIpc) is 2.58. The Morgan fingerprint density at radius 2 is 1.80 bits per heavy atom. The number of hydrogen-bond acceptors (Lipinski definition) is 4. The van der Waals surface area contributed by atoms with Gasteiger partial charge in [0.25, 0.3) is 0 Å². The van der Waals surface area contributed by atoms with Crippen LogP contribution in [0.25, 0.3) is 0 Å². The van der Waals surface area contributed by atoms with E-state index in [-0.39, 0.29) is 0 Å². The molecule has 0 saturated carbocycles. The highest BCUT2D eigenvalue weighted by Crippen LogP contribution is 2.25. The van der Waals surface area contributed by atoms with Crippen LogP contribution in [0.1, 0.15) is 58.4 Å². The molecule has 1 N–H and O–H groups in total. The van der Waals surface area contributed by atoms with E-state index in [1.54, 1.807) is 0 Å². The van der Waals surface area contributed by atoms with Crippen LogP contribution >= 0.6 is 0 Å². The fraction of sp³-hybridized carbons (Fsp3) is 0.714. The zero-order chi connectivity index (χ0) is 18.2. The SMILES string of the molecule is CC(C)c1ccccc1OCCOC[C@H](O)CN1[C@H](C)CCC[C@@H]1C. The van der Waals surface area contributed by atoms with Gasteiger partial charge in [-0.15, -0.1) is 0 Å². The smallest absolute Gasteiger partial charge is 0.122 e. The van der Waals surface area contributed by atoms with E-state index in [0.717, 1.165) is 5.75 Å². The molecule has 0 aliphatic carbocycles. The molecule has 3 atom stereocenters. The largest absolute Gasteiger partial charge is 0.491 e. The van der Waals surface area contributed by atoms with Gasteiger partial charge in [0.1, 0.15) is 12.4 Å². The topological polar surface area (TPSA) is 41.9 Å². The highest BCUT2D eigenvalue weighted by Gasteiger charge is 2.26. The van der Waals surface area contributed by atoms with Crippen molar-refractivity contribution in [1.82, 2.24) is 4.90 Å². The third kappa shape index (κ3) is 6.28. The molecule has 2 rings (SSSR count). The van der Waals surface area contributed by atoms with E-state index in [9.17, 15) is 5.11 Å². The molecule has 4 nitrogen and oxygen atoms in total. The lowest BCUT2D eigenvalue weighted by molar-refractivity contribution is -0.0141. The van der Waals surface area contributed by atoms with E-state index in [0.29, 0.717) is 44.4 Å². The van der Waals surface area contributed by atoms with Crippen LogP contribution in [0.2, 0.25) is 0 Å². The first-order chi connectivity index (χ1) is 12.0. The van der Waals surface area contributed by atoms with Crippen LogP contribution in [0.15, 0.2) is 24.3 Å². The van der Waals surface area contributed by atoms with E-state index < -0.39 is 6.10 Å². The molecule has 1 heterocycles. The summed E-state index contributed by atoms with van der Waals surface area (Å²) in [4.78, 5) is 2.41. The molecule has 4 heteroatoms. The number of rotatable bonds is 9. The summed E-state index contributed by atoms with van der Waals surface area (Å²) < 4.78 is 11.5. The average molecular weight is 350 g/mol. The van der Waals surface area contributed by atoms with Crippen LogP contribution in [0.3, 0.4) is 0 Å². The lowest BCUT2D eigenvalue weighted by Gasteiger charge is -2.40. The summed E-state index contributed by atoms with van der Waals surface area (Å²) in [5.74, 6) is 1.37. The number of piperidine rings is 1. The third-order valence-corrected chi connectivity index (χ3v) is 5.13. The normalized spacial score (nSPS) is 23.0. The molecule has 25 heavy (non-hydrogen) atoms. The van der Waals surface area contributed by atoms with Gasteiger partial charge >= 0.3 is 0 Å². The number of benzene rings is 1. The summed E-state index contributed by atoms with van der Waals surface area (Å²) in [6, 6.07) is 9.24. The summed E-state index contributed by atoms with van der Waals surface area (Å²) in [5.41, 5.74) is 1.22. The van der Waals surface area contributed by atoms with Crippen molar-refractivity contribution < 1.29 is 14.6 Å². The van der Waals surface area contributed by atoms with Crippen LogP contribution in [0, 0.1) is 0 Å². The van der Waals surface area contributed by atoms with Crippen LogP contribution in [-0.4, -0.2) is 54.6 Å². The monoisotopic (exact) mass is 349 g/mol. The Hall–Kier alpha value is -1.10. The molecule has 0 aromatic heterocycles. The Morgan fingerprint density at radius 1 is 1.12 bits per heavy atom. The Kier molecular flexibility index (Phi) is 8.20. The quantitative estimate of drug-likeness (QED) is 0.688. The molecule has 1 saturated heterocycles. The Balaban J connectivity index is 1.66. The third-order valence-electron chi connectivity index (χ3n) is 5.13. The van der Waals surface area contributed by atoms with Crippen molar-refractivity contribution in [3.8, 4) is 5.75 Å². The maximum absolute atomic E-state index is 10.3. The maximum atomic E-state index is 10.3. The first kappa shape index (κ1) is 20.2. The molecule has 1 fully saturated rings. The minimum absolute atomic E-state index is 0.366. The molecule has 142 valence electrons. The Labute approximate surface area is 153 Å². The zero-order valence-corrected chi connectivity index (χ0v) is 16.3. The Bertz CT molecular complexity index is 496. The zero-order valence-electron chi connectivity index (χ0n) is 16.3. The van der Waals surface area contributed by atoms with Crippen molar-refractivity contribution >= 4 is 0 Å². The molecule has 0 bridgehead atoms. The molecule has 0 amide bonds. The lowest BCUT2D eigenvalue weighted by atomic mass is 9.97. The van der Waals surface area contributed by atoms with Gasteiger partial charge in [-0.25, -0.2) is 0 Å². The number of hydrogen-bond donors (Lipinski definition) is 1. The van der Waals surface area contributed by atoms with Crippen LogP contribution in [-0.2, 0) is 4.74 Å². The van der Waals surface area contributed by atoms with E-state index in [4.69, 9.17) is 9.47 Å². The first-order valence-electron chi connectivity index (χ1n) is 9.72. The fourth-order valence-corrected chi connectivity index (χ4v) is 3.65. The van der Waals surface area contributed by atoms with Gasteiger partial charge in [0.05, 0.1) is 19.3 Å². The lowest BCUT2D eigenvalue weighted by Crippen LogP contribution is -2.48. The van der Waals surface area contributed by atoms with Crippen molar-refractivity contribution in [3.63, 3.8) is 0 Å². The highest BCUT2D eigenvalue weighted by atomic mass is 16.5. The van der Waals surface area contributed by atoms with E-state index in [1.807, 2.05) is 18.2 Å². The summed E-state index contributed by atoms with van der Waals surface area (Å²) >= 11 is 0. The van der Waals surface area contributed by atoms with Gasteiger partial charge < -0.3 is 14.6 Å². The number of para-hydroxylation sites is 1. The first-order valence-corrected chi connectivity index (χ1v) is 9.72. The van der Waals surface area contributed by atoms with Gasteiger partial charge in [0.15, 0.2) is 0 Å².